The molecule has 33 heavy (non-hydrogen) atoms. The molecule has 3 aromatic carbocycles. The monoisotopic (exact) mass is 449 g/mol. The summed E-state index contributed by atoms with van der Waals surface area (Å²) in [5, 5.41) is 6.35. The lowest BCUT2D eigenvalue weighted by molar-refractivity contribution is -0.139. The molecule has 0 aromatic heterocycles. The first kappa shape index (κ1) is 23.5. The van der Waals surface area contributed by atoms with Gasteiger partial charge in [-0.2, -0.15) is 5.10 Å². The van der Waals surface area contributed by atoms with E-state index in [1.807, 2.05) is 37.3 Å². The molecule has 0 aliphatic carbocycles. The highest BCUT2D eigenvalue weighted by Crippen LogP contribution is 2.29. The average Bonchev–Trinajstić information content (AvgIpc) is 2.83. The Morgan fingerprint density at radius 2 is 1.70 bits per heavy atom. The average molecular weight is 449 g/mol. The van der Waals surface area contributed by atoms with Crippen molar-refractivity contribution in [2.45, 2.75) is 20.1 Å². The summed E-state index contributed by atoms with van der Waals surface area (Å²) in [7, 11) is 0. The minimum absolute atomic E-state index is 0.0499. The molecular weight excluding hydrogens is 425 g/mol. The Labute approximate surface area is 191 Å². The summed E-state index contributed by atoms with van der Waals surface area (Å²) >= 11 is 0. The number of rotatable bonds is 9. The SMILES string of the molecule is CCOc1cc(C=NNC(=O)C(=O)NCc2ccccc2)ccc1OCc1ccccc1F. The maximum atomic E-state index is 13.8. The van der Waals surface area contributed by atoms with Crippen molar-refractivity contribution in [1.82, 2.24) is 10.7 Å². The minimum atomic E-state index is -0.878. The van der Waals surface area contributed by atoms with Gasteiger partial charge < -0.3 is 14.8 Å². The van der Waals surface area contributed by atoms with E-state index in [2.05, 4.69) is 15.8 Å². The lowest BCUT2D eigenvalue weighted by Crippen LogP contribution is -2.37. The zero-order chi connectivity index (χ0) is 23.5. The van der Waals surface area contributed by atoms with Crippen LogP contribution in [0.5, 0.6) is 11.5 Å². The summed E-state index contributed by atoms with van der Waals surface area (Å²) in [5.41, 5.74) is 4.11. The van der Waals surface area contributed by atoms with Crippen LogP contribution in [0.2, 0.25) is 0 Å². The number of amides is 2. The van der Waals surface area contributed by atoms with E-state index >= 15 is 0 Å². The van der Waals surface area contributed by atoms with E-state index in [9.17, 15) is 14.0 Å². The van der Waals surface area contributed by atoms with Crippen molar-refractivity contribution in [3.8, 4) is 11.5 Å². The fraction of sp³-hybridized carbons (Fsp3) is 0.160. The van der Waals surface area contributed by atoms with E-state index in [0.717, 1.165) is 5.56 Å². The van der Waals surface area contributed by atoms with Crippen LogP contribution in [0.15, 0.2) is 77.9 Å². The van der Waals surface area contributed by atoms with Crippen molar-refractivity contribution in [1.29, 1.82) is 0 Å². The van der Waals surface area contributed by atoms with Gasteiger partial charge in [-0.15, -0.1) is 0 Å². The number of carbonyl (C=O) groups is 2. The second kappa shape index (κ2) is 12.0. The number of nitrogens with one attached hydrogen (secondary N) is 2. The first-order valence-corrected chi connectivity index (χ1v) is 10.3. The predicted molar refractivity (Wildman–Crippen MR) is 122 cm³/mol. The van der Waals surface area contributed by atoms with Crippen LogP contribution in [-0.2, 0) is 22.7 Å². The van der Waals surface area contributed by atoms with Crippen molar-refractivity contribution in [2.75, 3.05) is 6.61 Å². The molecule has 2 amide bonds. The van der Waals surface area contributed by atoms with Gasteiger partial charge in [-0.3, -0.25) is 9.59 Å². The lowest BCUT2D eigenvalue weighted by atomic mass is 10.2. The molecule has 0 spiro atoms. The van der Waals surface area contributed by atoms with Crippen LogP contribution in [-0.4, -0.2) is 24.6 Å². The molecule has 170 valence electrons. The summed E-state index contributed by atoms with van der Waals surface area (Å²) < 4.78 is 25.1. The maximum Gasteiger partial charge on any atom is 0.329 e. The third-order valence-corrected chi connectivity index (χ3v) is 4.49. The Balaban J connectivity index is 1.56. The molecule has 0 fully saturated rings. The molecule has 8 heteroatoms. The maximum absolute atomic E-state index is 13.8. The third kappa shape index (κ3) is 7.17. The Bertz CT molecular complexity index is 1120. The number of hydrogen-bond donors (Lipinski definition) is 2. The summed E-state index contributed by atoms with van der Waals surface area (Å²) in [4.78, 5) is 23.8. The van der Waals surface area contributed by atoms with Crippen molar-refractivity contribution in [3.63, 3.8) is 0 Å². The van der Waals surface area contributed by atoms with Crippen LogP contribution < -0.4 is 20.2 Å². The molecular formula is C25H24FN3O4. The largest absolute Gasteiger partial charge is 0.490 e. The van der Waals surface area contributed by atoms with Crippen molar-refractivity contribution in [3.05, 3.63) is 95.3 Å². The van der Waals surface area contributed by atoms with E-state index < -0.39 is 11.8 Å². The zero-order valence-electron chi connectivity index (χ0n) is 18.1. The molecule has 0 bridgehead atoms. The smallest absolute Gasteiger partial charge is 0.329 e. The Kier molecular flexibility index (Phi) is 8.53. The van der Waals surface area contributed by atoms with E-state index in [4.69, 9.17) is 9.47 Å². The van der Waals surface area contributed by atoms with Crippen molar-refractivity contribution in [2.24, 2.45) is 5.10 Å². The lowest BCUT2D eigenvalue weighted by Gasteiger charge is -2.13. The molecule has 7 nitrogen and oxygen atoms in total. The fourth-order valence-corrected chi connectivity index (χ4v) is 2.84. The van der Waals surface area contributed by atoms with Crippen molar-refractivity contribution >= 4 is 18.0 Å². The highest BCUT2D eigenvalue weighted by Gasteiger charge is 2.12. The molecule has 0 radical (unpaired) electrons. The fourth-order valence-electron chi connectivity index (χ4n) is 2.84. The Morgan fingerprint density at radius 3 is 2.45 bits per heavy atom. The van der Waals surface area contributed by atoms with Gasteiger partial charge in [-0.25, -0.2) is 9.82 Å². The number of hydrazone groups is 1. The molecule has 3 rings (SSSR count). The number of ether oxygens (including phenoxy) is 2. The highest BCUT2D eigenvalue weighted by molar-refractivity contribution is 6.35. The summed E-state index contributed by atoms with van der Waals surface area (Å²) in [5.74, 6) is -1.12. The van der Waals surface area contributed by atoms with Gasteiger partial charge in [-0.1, -0.05) is 48.5 Å². The van der Waals surface area contributed by atoms with Gasteiger partial charge >= 0.3 is 11.8 Å². The van der Waals surface area contributed by atoms with E-state index in [-0.39, 0.29) is 19.0 Å². The van der Waals surface area contributed by atoms with Crippen LogP contribution in [0.25, 0.3) is 0 Å². The summed E-state index contributed by atoms with van der Waals surface area (Å²) in [6.45, 7) is 2.52. The van der Waals surface area contributed by atoms with E-state index in [0.29, 0.717) is 29.2 Å². The highest BCUT2D eigenvalue weighted by atomic mass is 19.1. The number of carbonyl (C=O) groups excluding carboxylic acids is 2. The van der Waals surface area contributed by atoms with Crippen LogP contribution in [0.4, 0.5) is 4.39 Å². The molecule has 0 atom stereocenters. The van der Waals surface area contributed by atoms with E-state index in [1.165, 1.54) is 12.3 Å². The van der Waals surface area contributed by atoms with Gasteiger partial charge in [0.05, 0.1) is 12.8 Å². The minimum Gasteiger partial charge on any atom is -0.490 e. The normalized spacial score (nSPS) is 10.6. The second-order valence-electron chi connectivity index (χ2n) is 6.89. The van der Waals surface area contributed by atoms with Gasteiger partial charge in [0.1, 0.15) is 12.4 Å². The predicted octanol–water partition coefficient (Wildman–Crippen LogP) is 3.57. The first-order chi connectivity index (χ1) is 16.1. The quantitative estimate of drug-likeness (QED) is 0.297. The van der Waals surface area contributed by atoms with E-state index in [1.54, 1.807) is 36.4 Å². The molecule has 0 aliphatic rings. The van der Waals surface area contributed by atoms with Crippen LogP contribution in [0.1, 0.15) is 23.6 Å². The third-order valence-electron chi connectivity index (χ3n) is 4.49. The topological polar surface area (TPSA) is 89.0 Å². The zero-order valence-corrected chi connectivity index (χ0v) is 18.1. The number of benzene rings is 3. The van der Waals surface area contributed by atoms with Crippen LogP contribution in [0, 0.1) is 5.82 Å². The number of halogens is 1. The Morgan fingerprint density at radius 1 is 0.939 bits per heavy atom. The molecule has 0 heterocycles. The van der Waals surface area contributed by atoms with Gasteiger partial charge in [0, 0.05) is 12.1 Å². The number of hydrogen-bond acceptors (Lipinski definition) is 5. The molecule has 0 unspecified atom stereocenters. The van der Waals surface area contributed by atoms with Gasteiger partial charge in [-0.05, 0) is 42.3 Å². The van der Waals surface area contributed by atoms with Gasteiger partial charge in [0.2, 0.25) is 0 Å². The Hall–Kier alpha value is -4.20. The molecule has 2 N–H and O–H groups in total. The van der Waals surface area contributed by atoms with Crippen molar-refractivity contribution < 1.29 is 23.5 Å². The van der Waals surface area contributed by atoms with Gasteiger partial charge in [0.25, 0.3) is 0 Å². The molecule has 0 aliphatic heterocycles. The van der Waals surface area contributed by atoms with Gasteiger partial charge in [0.15, 0.2) is 11.5 Å². The summed E-state index contributed by atoms with van der Waals surface area (Å²) in [6.07, 6.45) is 1.38. The van der Waals surface area contributed by atoms with Crippen LogP contribution in [0.3, 0.4) is 0 Å². The molecule has 0 saturated heterocycles. The number of nitrogens with zero attached hydrogens (tertiary/aromatic N) is 1. The standard InChI is InChI=1S/C25H24FN3O4/c1-2-32-23-14-19(12-13-22(23)33-17-20-10-6-7-11-21(20)26)16-28-29-25(31)24(30)27-15-18-8-4-3-5-9-18/h3-14,16H,2,15,17H2,1H3,(H,27,30)(H,29,31). The summed E-state index contributed by atoms with van der Waals surface area (Å²) in [6, 6.07) is 20.7. The van der Waals surface area contributed by atoms with Crippen LogP contribution >= 0.6 is 0 Å². The second-order valence-corrected chi connectivity index (χ2v) is 6.89. The first-order valence-electron chi connectivity index (χ1n) is 10.3. The molecule has 0 saturated carbocycles. The molecule has 3 aromatic rings.